The van der Waals surface area contributed by atoms with Gasteiger partial charge in [0.15, 0.2) is 0 Å². The van der Waals surface area contributed by atoms with Gasteiger partial charge in [-0.05, 0) is 40.5 Å². The summed E-state index contributed by atoms with van der Waals surface area (Å²) in [5.41, 5.74) is 0.485. The second-order valence-corrected chi connectivity index (χ2v) is 6.55. The Labute approximate surface area is 125 Å². The van der Waals surface area contributed by atoms with Gasteiger partial charge in [0.25, 0.3) is 0 Å². The minimum Gasteiger partial charge on any atom is -0.444 e. The number of piperidine rings is 1. The standard InChI is InChI=1S/C15H25N3O3/c1-11-9-13(17-21-11)10-16-12-5-7-18(8-6-12)14(19)20-15(2,3)4/h9,12,16H,5-8,10H2,1-4H3. The Bertz CT molecular complexity index is 471. The lowest BCUT2D eigenvalue weighted by atomic mass is 10.1. The molecule has 6 nitrogen and oxygen atoms in total. The van der Waals surface area contributed by atoms with Crippen LogP contribution in [0.15, 0.2) is 10.6 Å². The molecule has 118 valence electrons. The highest BCUT2D eigenvalue weighted by Crippen LogP contribution is 2.15. The Kier molecular flexibility index (Phi) is 4.88. The minimum absolute atomic E-state index is 0.215. The lowest BCUT2D eigenvalue weighted by Gasteiger charge is -2.33. The van der Waals surface area contributed by atoms with Gasteiger partial charge in [-0.3, -0.25) is 0 Å². The van der Waals surface area contributed by atoms with Crippen molar-refractivity contribution in [1.82, 2.24) is 15.4 Å². The third kappa shape index (κ3) is 5.04. The Hall–Kier alpha value is -1.56. The van der Waals surface area contributed by atoms with E-state index in [2.05, 4.69) is 10.5 Å². The van der Waals surface area contributed by atoms with E-state index in [1.807, 2.05) is 33.8 Å². The molecular formula is C15H25N3O3. The van der Waals surface area contributed by atoms with Crippen LogP contribution in [-0.4, -0.2) is 40.9 Å². The van der Waals surface area contributed by atoms with Crippen molar-refractivity contribution >= 4 is 6.09 Å². The summed E-state index contributed by atoms with van der Waals surface area (Å²) in [6.45, 7) is 9.70. The number of hydrogen-bond donors (Lipinski definition) is 1. The summed E-state index contributed by atoms with van der Waals surface area (Å²) >= 11 is 0. The van der Waals surface area contributed by atoms with Crippen LogP contribution in [0, 0.1) is 6.92 Å². The minimum atomic E-state index is -0.434. The van der Waals surface area contributed by atoms with E-state index in [9.17, 15) is 4.79 Å². The van der Waals surface area contributed by atoms with Crippen LogP contribution >= 0.6 is 0 Å². The Morgan fingerprint density at radius 1 is 1.48 bits per heavy atom. The van der Waals surface area contributed by atoms with Crippen LogP contribution in [0.1, 0.15) is 45.1 Å². The maximum absolute atomic E-state index is 12.0. The van der Waals surface area contributed by atoms with Gasteiger partial charge in [-0.15, -0.1) is 0 Å². The maximum atomic E-state index is 12.0. The van der Waals surface area contributed by atoms with E-state index in [0.29, 0.717) is 12.6 Å². The van der Waals surface area contributed by atoms with E-state index in [1.54, 1.807) is 4.90 Å². The topological polar surface area (TPSA) is 67.6 Å². The van der Waals surface area contributed by atoms with Crippen molar-refractivity contribution in [2.75, 3.05) is 13.1 Å². The molecular weight excluding hydrogens is 270 g/mol. The predicted octanol–water partition coefficient (Wildman–Crippen LogP) is 2.47. The summed E-state index contributed by atoms with van der Waals surface area (Å²) in [5.74, 6) is 0.826. The molecule has 0 unspecified atom stereocenters. The number of hydrogen-bond acceptors (Lipinski definition) is 5. The zero-order valence-corrected chi connectivity index (χ0v) is 13.3. The van der Waals surface area contributed by atoms with E-state index in [-0.39, 0.29) is 6.09 Å². The second kappa shape index (κ2) is 6.47. The number of nitrogens with one attached hydrogen (secondary N) is 1. The van der Waals surface area contributed by atoms with Crippen LogP contribution in [-0.2, 0) is 11.3 Å². The van der Waals surface area contributed by atoms with Crippen molar-refractivity contribution in [1.29, 1.82) is 0 Å². The molecule has 0 saturated carbocycles. The smallest absolute Gasteiger partial charge is 0.410 e. The van der Waals surface area contributed by atoms with Crippen LogP contribution in [0.2, 0.25) is 0 Å². The zero-order chi connectivity index (χ0) is 15.5. The molecule has 6 heteroatoms. The molecule has 21 heavy (non-hydrogen) atoms. The predicted molar refractivity (Wildman–Crippen MR) is 78.9 cm³/mol. The van der Waals surface area contributed by atoms with Gasteiger partial charge in [-0.2, -0.15) is 0 Å². The van der Waals surface area contributed by atoms with E-state index < -0.39 is 5.60 Å². The lowest BCUT2D eigenvalue weighted by molar-refractivity contribution is 0.0198. The van der Waals surface area contributed by atoms with Crippen molar-refractivity contribution in [3.8, 4) is 0 Å². The Balaban J connectivity index is 1.72. The molecule has 1 amide bonds. The first-order valence-corrected chi connectivity index (χ1v) is 7.47. The summed E-state index contributed by atoms with van der Waals surface area (Å²) in [4.78, 5) is 13.7. The normalized spacial score (nSPS) is 17.0. The van der Waals surface area contributed by atoms with Crippen molar-refractivity contribution in [2.24, 2.45) is 0 Å². The molecule has 0 aliphatic carbocycles. The molecule has 0 radical (unpaired) electrons. The Morgan fingerprint density at radius 3 is 2.67 bits per heavy atom. The number of amides is 1. The van der Waals surface area contributed by atoms with Crippen LogP contribution in [0.4, 0.5) is 4.79 Å². The third-order valence-corrected chi connectivity index (χ3v) is 3.40. The summed E-state index contributed by atoms with van der Waals surface area (Å²) in [7, 11) is 0. The average Bonchev–Trinajstić information content (AvgIpc) is 2.81. The summed E-state index contributed by atoms with van der Waals surface area (Å²) in [6.07, 6.45) is 1.64. The van der Waals surface area contributed by atoms with Crippen molar-refractivity contribution in [2.45, 2.75) is 58.7 Å². The molecule has 2 heterocycles. The summed E-state index contributed by atoms with van der Waals surface area (Å²) < 4.78 is 10.4. The number of nitrogens with zero attached hydrogens (tertiary/aromatic N) is 2. The molecule has 0 spiro atoms. The first kappa shape index (κ1) is 15.8. The fraction of sp³-hybridized carbons (Fsp3) is 0.733. The molecule has 1 aromatic rings. The highest BCUT2D eigenvalue weighted by molar-refractivity contribution is 5.68. The third-order valence-electron chi connectivity index (χ3n) is 3.40. The van der Waals surface area contributed by atoms with Crippen molar-refractivity contribution < 1.29 is 14.1 Å². The van der Waals surface area contributed by atoms with E-state index in [1.165, 1.54) is 0 Å². The summed E-state index contributed by atoms with van der Waals surface area (Å²) in [5, 5.41) is 7.42. The van der Waals surface area contributed by atoms with Crippen molar-refractivity contribution in [3.63, 3.8) is 0 Å². The number of carbonyl (C=O) groups is 1. The molecule has 1 N–H and O–H groups in total. The first-order valence-electron chi connectivity index (χ1n) is 7.47. The van der Waals surface area contributed by atoms with Gasteiger partial charge in [0.2, 0.25) is 0 Å². The number of rotatable bonds is 3. The lowest BCUT2D eigenvalue weighted by Crippen LogP contribution is -2.46. The fourth-order valence-electron chi connectivity index (χ4n) is 2.34. The van der Waals surface area contributed by atoms with Crippen LogP contribution in [0.5, 0.6) is 0 Å². The largest absolute Gasteiger partial charge is 0.444 e. The van der Waals surface area contributed by atoms with Gasteiger partial charge in [-0.1, -0.05) is 5.16 Å². The van der Waals surface area contributed by atoms with Crippen LogP contribution < -0.4 is 5.32 Å². The van der Waals surface area contributed by atoms with Gasteiger partial charge >= 0.3 is 6.09 Å². The van der Waals surface area contributed by atoms with Gasteiger partial charge in [-0.25, -0.2) is 4.79 Å². The second-order valence-electron chi connectivity index (χ2n) is 6.55. The molecule has 1 fully saturated rings. The highest BCUT2D eigenvalue weighted by atomic mass is 16.6. The van der Waals surface area contributed by atoms with E-state index in [0.717, 1.165) is 37.4 Å². The first-order chi connectivity index (χ1) is 9.83. The molecule has 1 saturated heterocycles. The maximum Gasteiger partial charge on any atom is 0.410 e. The molecule has 1 aromatic heterocycles. The van der Waals surface area contributed by atoms with Crippen LogP contribution in [0.3, 0.4) is 0 Å². The van der Waals surface area contributed by atoms with Gasteiger partial charge < -0.3 is 19.5 Å². The molecule has 1 aliphatic rings. The number of likely N-dealkylation sites (tertiary alicyclic amines) is 1. The molecule has 0 bridgehead atoms. The molecule has 0 aromatic carbocycles. The van der Waals surface area contributed by atoms with E-state index in [4.69, 9.17) is 9.26 Å². The quantitative estimate of drug-likeness (QED) is 0.928. The number of carbonyl (C=O) groups excluding carboxylic acids is 1. The Morgan fingerprint density at radius 2 is 2.14 bits per heavy atom. The number of aromatic nitrogens is 1. The summed E-state index contributed by atoms with van der Waals surface area (Å²) in [6, 6.07) is 2.34. The zero-order valence-electron chi connectivity index (χ0n) is 13.3. The molecule has 0 atom stereocenters. The van der Waals surface area contributed by atoms with Gasteiger partial charge in [0.1, 0.15) is 11.4 Å². The number of aryl methyl sites for hydroxylation is 1. The number of ether oxygens (including phenoxy) is 1. The highest BCUT2D eigenvalue weighted by Gasteiger charge is 2.26. The average molecular weight is 295 g/mol. The van der Waals surface area contributed by atoms with Gasteiger partial charge in [0.05, 0.1) is 5.69 Å². The fourth-order valence-corrected chi connectivity index (χ4v) is 2.34. The van der Waals surface area contributed by atoms with Gasteiger partial charge in [0, 0.05) is 31.7 Å². The van der Waals surface area contributed by atoms with E-state index >= 15 is 0 Å². The SMILES string of the molecule is Cc1cc(CNC2CCN(C(=O)OC(C)(C)C)CC2)no1. The van der Waals surface area contributed by atoms with Crippen LogP contribution in [0.25, 0.3) is 0 Å². The molecule has 1 aliphatic heterocycles. The van der Waals surface area contributed by atoms with Crippen molar-refractivity contribution in [3.05, 3.63) is 17.5 Å². The molecule has 2 rings (SSSR count). The monoisotopic (exact) mass is 295 g/mol.